The third-order valence-corrected chi connectivity index (χ3v) is 3.66. The van der Waals surface area contributed by atoms with Crippen LogP contribution in [0.2, 0.25) is 0 Å². The molecule has 0 aliphatic carbocycles. The van der Waals surface area contributed by atoms with Crippen molar-refractivity contribution in [2.24, 2.45) is 0 Å². The van der Waals surface area contributed by atoms with Gasteiger partial charge in [0, 0.05) is 15.5 Å². The van der Waals surface area contributed by atoms with Crippen molar-refractivity contribution in [2.45, 2.75) is 26.2 Å². The summed E-state index contributed by atoms with van der Waals surface area (Å²) in [5.41, 5.74) is 7.18. The van der Waals surface area contributed by atoms with E-state index in [1.54, 1.807) is 5.38 Å². The topological polar surface area (TPSA) is 43.1 Å². The standard InChI is InChI=1S/C13H15NOS/c1-2-3-4-9-5-6-12-10(7-9)13(15)11(14)8-16-12/h5-8H,2-4,14H2,1H3. The Morgan fingerprint density at radius 1 is 1.38 bits per heavy atom. The van der Waals surface area contributed by atoms with Crippen molar-refractivity contribution in [2.75, 3.05) is 5.73 Å². The number of benzene rings is 1. The van der Waals surface area contributed by atoms with Gasteiger partial charge in [-0.25, -0.2) is 0 Å². The molecule has 0 atom stereocenters. The van der Waals surface area contributed by atoms with E-state index in [0.717, 1.165) is 22.9 Å². The molecular weight excluding hydrogens is 218 g/mol. The maximum Gasteiger partial charge on any atom is 0.210 e. The van der Waals surface area contributed by atoms with Crippen LogP contribution in [0, 0.1) is 0 Å². The van der Waals surface area contributed by atoms with Gasteiger partial charge in [0.2, 0.25) is 5.43 Å². The zero-order valence-electron chi connectivity index (χ0n) is 9.32. The van der Waals surface area contributed by atoms with Gasteiger partial charge in [-0.1, -0.05) is 19.4 Å². The van der Waals surface area contributed by atoms with E-state index in [9.17, 15) is 4.79 Å². The smallest absolute Gasteiger partial charge is 0.210 e. The van der Waals surface area contributed by atoms with Gasteiger partial charge in [0.25, 0.3) is 0 Å². The van der Waals surface area contributed by atoms with Crippen molar-refractivity contribution in [3.63, 3.8) is 0 Å². The lowest BCUT2D eigenvalue weighted by molar-refractivity contribution is 0.796. The number of fused-ring (bicyclic) bond motifs is 1. The van der Waals surface area contributed by atoms with Crippen LogP contribution in [0.3, 0.4) is 0 Å². The molecule has 0 amide bonds. The van der Waals surface area contributed by atoms with Crippen LogP contribution in [0.1, 0.15) is 25.3 Å². The Bertz CT molecular complexity index is 559. The normalized spacial score (nSPS) is 10.8. The summed E-state index contributed by atoms with van der Waals surface area (Å²) in [6, 6.07) is 6.11. The van der Waals surface area contributed by atoms with Crippen molar-refractivity contribution >= 4 is 27.1 Å². The Hall–Kier alpha value is -1.35. The monoisotopic (exact) mass is 233 g/mol. The molecule has 0 saturated heterocycles. The fourth-order valence-corrected chi connectivity index (χ4v) is 2.52. The van der Waals surface area contributed by atoms with E-state index in [2.05, 4.69) is 13.0 Å². The number of aryl methyl sites for hydroxylation is 1. The van der Waals surface area contributed by atoms with Crippen LogP contribution in [0.25, 0.3) is 10.1 Å². The van der Waals surface area contributed by atoms with E-state index in [4.69, 9.17) is 5.73 Å². The first-order valence-electron chi connectivity index (χ1n) is 5.52. The minimum Gasteiger partial charge on any atom is -0.395 e. The van der Waals surface area contributed by atoms with E-state index in [-0.39, 0.29) is 5.43 Å². The van der Waals surface area contributed by atoms with Gasteiger partial charge in [-0.05, 0) is 30.5 Å². The number of hydrogen-bond donors (Lipinski definition) is 1. The first kappa shape index (κ1) is 11.1. The fraction of sp³-hybridized carbons (Fsp3) is 0.308. The number of nitrogens with two attached hydrogens (primary N) is 1. The number of rotatable bonds is 3. The van der Waals surface area contributed by atoms with Crippen LogP contribution in [-0.2, 0) is 6.42 Å². The summed E-state index contributed by atoms with van der Waals surface area (Å²) in [6.07, 6.45) is 3.36. The molecule has 0 saturated carbocycles. The lowest BCUT2D eigenvalue weighted by Crippen LogP contribution is -2.06. The average molecular weight is 233 g/mol. The van der Waals surface area contributed by atoms with Gasteiger partial charge >= 0.3 is 0 Å². The molecule has 16 heavy (non-hydrogen) atoms. The molecule has 0 fully saturated rings. The molecular formula is C13H15NOS. The molecule has 2 nitrogen and oxygen atoms in total. The molecule has 0 aliphatic heterocycles. The van der Waals surface area contributed by atoms with Gasteiger partial charge in [0.05, 0.1) is 5.69 Å². The summed E-state index contributed by atoms with van der Waals surface area (Å²) < 4.78 is 1.01. The third kappa shape index (κ3) is 2.09. The van der Waals surface area contributed by atoms with Gasteiger partial charge in [-0.2, -0.15) is 0 Å². The average Bonchev–Trinajstić information content (AvgIpc) is 2.31. The fourth-order valence-electron chi connectivity index (χ4n) is 1.73. The molecule has 2 aromatic rings. The summed E-state index contributed by atoms with van der Waals surface area (Å²) in [6.45, 7) is 2.17. The first-order chi connectivity index (χ1) is 7.72. The van der Waals surface area contributed by atoms with Gasteiger partial charge in [0.15, 0.2) is 0 Å². The summed E-state index contributed by atoms with van der Waals surface area (Å²) in [5, 5.41) is 2.48. The molecule has 84 valence electrons. The van der Waals surface area contributed by atoms with Crippen molar-refractivity contribution < 1.29 is 0 Å². The van der Waals surface area contributed by atoms with Crippen LogP contribution < -0.4 is 11.2 Å². The van der Waals surface area contributed by atoms with E-state index in [1.165, 1.54) is 23.3 Å². The predicted octanol–water partition coefficient (Wildman–Crippen LogP) is 3.19. The molecule has 0 spiro atoms. The quantitative estimate of drug-likeness (QED) is 0.884. The Kier molecular flexibility index (Phi) is 3.25. The second-order valence-corrected chi connectivity index (χ2v) is 4.87. The van der Waals surface area contributed by atoms with Gasteiger partial charge in [-0.15, -0.1) is 11.3 Å². The lowest BCUT2D eigenvalue weighted by Gasteiger charge is -2.02. The Labute approximate surface area is 98.7 Å². The largest absolute Gasteiger partial charge is 0.395 e. The molecule has 0 aliphatic rings. The van der Waals surface area contributed by atoms with Crippen LogP contribution >= 0.6 is 11.3 Å². The molecule has 2 rings (SSSR count). The molecule has 2 N–H and O–H groups in total. The summed E-state index contributed by atoms with van der Waals surface area (Å²) in [7, 11) is 0. The molecule has 0 radical (unpaired) electrons. The minimum atomic E-state index is -0.0351. The SMILES string of the molecule is CCCCc1ccc2scc(N)c(=O)c2c1. The highest BCUT2D eigenvalue weighted by atomic mass is 32.1. The summed E-state index contributed by atoms with van der Waals surface area (Å²) in [4.78, 5) is 11.8. The van der Waals surface area contributed by atoms with Crippen LogP contribution in [0.5, 0.6) is 0 Å². The number of nitrogen functional groups attached to an aromatic ring is 1. The molecule has 0 unspecified atom stereocenters. The predicted molar refractivity (Wildman–Crippen MR) is 71.1 cm³/mol. The van der Waals surface area contributed by atoms with Crippen molar-refractivity contribution in [1.29, 1.82) is 0 Å². The highest BCUT2D eigenvalue weighted by Gasteiger charge is 2.03. The van der Waals surface area contributed by atoms with Crippen molar-refractivity contribution in [1.82, 2.24) is 0 Å². The molecule has 0 bridgehead atoms. The Morgan fingerprint density at radius 2 is 2.19 bits per heavy atom. The number of hydrogen-bond acceptors (Lipinski definition) is 3. The van der Waals surface area contributed by atoms with Crippen molar-refractivity contribution in [3.8, 4) is 0 Å². The van der Waals surface area contributed by atoms with E-state index in [0.29, 0.717) is 5.69 Å². The van der Waals surface area contributed by atoms with Gasteiger partial charge < -0.3 is 5.73 Å². The second-order valence-electron chi connectivity index (χ2n) is 3.95. The Morgan fingerprint density at radius 3 is 2.94 bits per heavy atom. The highest BCUT2D eigenvalue weighted by Crippen LogP contribution is 2.20. The maximum absolute atomic E-state index is 11.8. The highest BCUT2D eigenvalue weighted by molar-refractivity contribution is 7.16. The molecule has 1 aromatic heterocycles. The van der Waals surface area contributed by atoms with Crippen LogP contribution in [0.4, 0.5) is 5.69 Å². The van der Waals surface area contributed by atoms with Crippen LogP contribution in [0.15, 0.2) is 28.4 Å². The zero-order chi connectivity index (χ0) is 11.5. The van der Waals surface area contributed by atoms with Crippen molar-refractivity contribution in [3.05, 3.63) is 39.4 Å². The second kappa shape index (κ2) is 4.66. The number of anilines is 1. The zero-order valence-corrected chi connectivity index (χ0v) is 10.1. The first-order valence-corrected chi connectivity index (χ1v) is 6.40. The molecule has 1 heterocycles. The third-order valence-electron chi connectivity index (χ3n) is 2.68. The summed E-state index contributed by atoms with van der Waals surface area (Å²) in [5.74, 6) is 0. The van der Waals surface area contributed by atoms with E-state index >= 15 is 0 Å². The summed E-state index contributed by atoms with van der Waals surface area (Å²) >= 11 is 1.53. The minimum absolute atomic E-state index is 0.0351. The van der Waals surface area contributed by atoms with Gasteiger partial charge in [0.1, 0.15) is 0 Å². The molecule has 3 heteroatoms. The van der Waals surface area contributed by atoms with Gasteiger partial charge in [-0.3, -0.25) is 4.79 Å². The van der Waals surface area contributed by atoms with E-state index < -0.39 is 0 Å². The maximum atomic E-state index is 11.8. The Balaban J connectivity index is 2.51. The van der Waals surface area contributed by atoms with E-state index in [1.807, 2.05) is 12.1 Å². The lowest BCUT2D eigenvalue weighted by atomic mass is 10.1. The number of unbranched alkanes of at least 4 members (excludes halogenated alkanes) is 1. The van der Waals surface area contributed by atoms with Crippen LogP contribution in [-0.4, -0.2) is 0 Å². The molecule has 1 aromatic carbocycles.